The van der Waals surface area contributed by atoms with Crippen molar-refractivity contribution in [2.24, 2.45) is 0 Å². The highest BCUT2D eigenvalue weighted by Crippen LogP contribution is 2.35. The van der Waals surface area contributed by atoms with Gasteiger partial charge in [0.05, 0.1) is 9.82 Å². The summed E-state index contributed by atoms with van der Waals surface area (Å²) in [6.07, 6.45) is 1.79. The number of carbonyl (C=O) groups is 1. The molecule has 0 radical (unpaired) electrons. The zero-order valence-corrected chi connectivity index (χ0v) is 14.7. The van der Waals surface area contributed by atoms with E-state index in [1.807, 2.05) is 18.2 Å². The summed E-state index contributed by atoms with van der Waals surface area (Å²) in [6, 6.07) is 18.6. The molecule has 4 rings (SSSR count). The minimum Gasteiger partial charge on any atom is -0.289 e. The van der Waals surface area contributed by atoms with Crippen LogP contribution in [0.4, 0.5) is 5.69 Å². The molecule has 0 saturated carbocycles. The van der Waals surface area contributed by atoms with E-state index in [1.54, 1.807) is 53.1 Å². The lowest BCUT2D eigenvalue weighted by Gasteiger charge is -2.05. The van der Waals surface area contributed by atoms with Crippen LogP contribution >= 0.6 is 11.8 Å². The Morgan fingerprint density at radius 2 is 1.74 bits per heavy atom. The third-order valence-electron chi connectivity index (χ3n) is 3.94. The number of pyridine rings is 1. The second kappa shape index (κ2) is 7.00. The van der Waals surface area contributed by atoms with Gasteiger partial charge in [0, 0.05) is 23.4 Å². The summed E-state index contributed by atoms with van der Waals surface area (Å²) in [4.78, 5) is 24.0. The van der Waals surface area contributed by atoms with E-state index in [0.29, 0.717) is 21.3 Å². The van der Waals surface area contributed by atoms with Gasteiger partial charge in [-0.3, -0.25) is 19.3 Å². The molecule has 0 aliphatic carbocycles. The van der Waals surface area contributed by atoms with E-state index in [4.69, 9.17) is 0 Å². The first-order chi connectivity index (χ1) is 13.1. The second-order valence-electron chi connectivity index (χ2n) is 5.65. The number of rotatable bonds is 5. The van der Waals surface area contributed by atoms with Crippen molar-refractivity contribution in [3.63, 3.8) is 0 Å². The van der Waals surface area contributed by atoms with Crippen molar-refractivity contribution in [3.05, 3.63) is 94.2 Å². The maximum atomic E-state index is 12.6. The SMILES string of the molecule is O=C(c1ccccc1)c1ccc(Sc2nnc3ccccn23)c([N+](=O)[O-])c1. The van der Waals surface area contributed by atoms with Crippen LogP contribution in [0.5, 0.6) is 0 Å². The molecule has 0 saturated heterocycles. The van der Waals surface area contributed by atoms with Crippen molar-refractivity contribution in [1.82, 2.24) is 14.6 Å². The van der Waals surface area contributed by atoms with Gasteiger partial charge in [0.1, 0.15) is 0 Å². The summed E-state index contributed by atoms with van der Waals surface area (Å²) < 4.78 is 1.75. The highest BCUT2D eigenvalue weighted by molar-refractivity contribution is 7.99. The van der Waals surface area contributed by atoms with Gasteiger partial charge in [-0.15, -0.1) is 10.2 Å². The van der Waals surface area contributed by atoms with Crippen LogP contribution in [0.1, 0.15) is 15.9 Å². The van der Waals surface area contributed by atoms with E-state index >= 15 is 0 Å². The first-order valence-corrected chi connectivity index (χ1v) is 8.81. The Labute approximate surface area is 157 Å². The van der Waals surface area contributed by atoms with Crippen molar-refractivity contribution < 1.29 is 9.72 Å². The van der Waals surface area contributed by atoms with Gasteiger partial charge in [-0.25, -0.2) is 0 Å². The predicted molar refractivity (Wildman–Crippen MR) is 100 cm³/mol. The minimum absolute atomic E-state index is 0.144. The quantitative estimate of drug-likeness (QED) is 0.297. The normalized spacial score (nSPS) is 10.8. The maximum absolute atomic E-state index is 12.6. The van der Waals surface area contributed by atoms with Gasteiger partial charge in [-0.2, -0.15) is 0 Å². The number of fused-ring (bicyclic) bond motifs is 1. The number of aromatic nitrogens is 3. The molecule has 0 fully saturated rings. The van der Waals surface area contributed by atoms with Crippen LogP contribution in [0.25, 0.3) is 5.65 Å². The van der Waals surface area contributed by atoms with E-state index in [1.165, 1.54) is 6.07 Å². The van der Waals surface area contributed by atoms with Crippen molar-refractivity contribution in [2.75, 3.05) is 0 Å². The van der Waals surface area contributed by atoms with Crippen molar-refractivity contribution in [1.29, 1.82) is 0 Å². The van der Waals surface area contributed by atoms with Gasteiger partial charge in [-0.05, 0) is 36.0 Å². The average molecular weight is 376 g/mol. The third kappa shape index (κ3) is 3.30. The van der Waals surface area contributed by atoms with Crippen molar-refractivity contribution in [3.8, 4) is 0 Å². The fraction of sp³-hybridized carbons (Fsp3) is 0. The Morgan fingerprint density at radius 1 is 0.963 bits per heavy atom. The molecule has 2 aromatic carbocycles. The van der Waals surface area contributed by atoms with Crippen LogP contribution in [0, 0.1) is 10.1 Å². The Kier molecular flexibility index (Phi) is 4.39. The van der Waals surface area contributed by atoms with Gasteiger partial charge in [-0.1, -0.05) is 36.4 Å². The summed E-state index contributed by atoms with van der Waals surface area (Å²) in [6.45, 7) is 0. The van der Waals surface area contributed by atoms with E-state index in [0.717, 1.165) is 11.8 Å². The number of hydrogen-bond acceptors (Lipinski definition) is 6. The molecule has 0 aliphatic heterocycles. The highest BCUT2D eigenvalue weighted by atomic mass is 32.2. The first kappa shape index (κ1) is 16.9. The molecule has 0 unspecified atom stereocenters. The predicted octanol–water partition coefficient (Wildman–Crippen LogP) is 4.02. The van der Waals surface area contributed by atoms with Gasteiger partial charge in [0.15, 0.2) is 11.4 Å². The summed E-state index contributed by atoms with van der Waals surface area (Å²) >= 11 is 1.13. The van der Waals surface area contributed by atoms with Crippen molar-refractivity contribution >= 4 is 28.9 Å². The van der Waals surface area contributed by atoms with E-state index in [-0.39, 0.29) is 17.0 Å². The molecule has 132 valence electrons. The molecule has 27 heavy (non-hydrogen) atoms. The summed E-state index contributed by atoms with van der Waals surface area (Å²) in [5, 5.41) is 20.2. The highest BCUT2D eigenvalue weighted by Gasteiger charge is 2.21. The first-order valence-electron chi connectivity index (χ1n) is 7.99. The molecule has 0 bridgehead atoms. The molecule has 2 aromatic heterocycles. The fourth-order valence-corrected chi connectivity index (χ4v) is 3.54. The van der Waals surface area contributed by atoms with Crippen LogP contribution in [0.15, 0.2) is 83.0 Å². The average Bonchev–Trinajstić information content (AvgIpc) is 3.11. The Balaban J connectivity index is 1.71. The molecule has 2 heterocycles. The number of ketones is 1. The largest absolute Gasteiger partial charge is 0.289 e. The van der Waals surface area contributed by atoms with Crippen LogP contribution in [0.3, 0.4) is 0 Å². The smallest absolute Gasteiger partial charge is 0.284 e. The summed E-state index contributed by atoms with van der Waals surface area (Å²) in [7, 11) is 0. The Morgan fingerprint density at radius 3 is 2.52 bits per heavy atom. The number of benzene rings is 2. The Hall–Kier alpha value is -3.52. The lowest BCUT2D eigenvalue weighted by molar-refractivity contribution is -0.387. The van der Waals surface area contributed by atoms with E-state index < -0.39 is 4.92 Å². The van der Waals surface area contributed by atoms with Gasteiger partial charge in [0.2, 0.25) is 5.16 Å². The van der Waals surface area contributed by atoms with Gasteiger partial charge in [0.25, 0.3) is 5.69 Å². The molecule has 8 heteroatoms. The molecular weight excluding hydrogens is 364 g/mol. The lowest BCUT2D eigenvalue weighted by Crippen LogP contribution is -2.02. The molecule has 0 aliphatic rings. The van der Waals surface area contributed by atoms with Gasteiger partial charge < -0.3 is 0 Å². The van der Waals surface area contributed by atoms with Gasteiger partial charge >= 0.3 is 0 Å². The molecule has 0 atom stereocenters. The number of nitrogens with zero attached hydrogens (tertiary/aromatic N) is 4. The summed E-state index contributed by atoms with van der Waals surface area (Å²) in [5.74, 6) is -0.261. The number of hydrogen-bond donors (Lipinski definition) is 0. The van der Waals surface area contributed by atoms with Crippen LogP contribution < -0.4 is 0 Å². The molecule has 0 N–H and O–H groups in total. The van der Waals surface area contributed by atoms with Crippen molar-refractivity contribution in [2.45, 2.75) is 10.1 Å². The Bertz CT molecular complexity index is 1160. The second-order valence-corrected chi connectivity index (χ2v) is 6.66. The van der Waals surface area contributed by atoms with Crippen LogP contribution in [-0.4, -0.2) is 25.3 Å². The molecular formula is C19H12N4O3S. The topological polar surface area (TPSA) is 90.4 Å². The zero-order chi connectivity index (χ0) is 18.8. The third-order valence-corrected chi connectivity index (χ3v) is 4.96. The zero-order valence-electron chi connectivity index (χ0n) is 13.9. The maximum Gasteiger partial charge on any atom is 0.284 e. The van der Waals surface area contributed by atoms with E-state index in [9.17, 15) is 14.9 Å². The number of nitro benzene ring substituents is 1. The van der Waals surface area contributed by atoms with Crippen LogP contribution in [0.2, 0.25) is 0 Å². The number of nitro groups is 1. The molecule has 0 spiro atoms. The molecule has 0 amide bonds. The van der Waals surface area contributed by atoms with Crippen LogP contribution in [-0.2, 0) is 0 Å². The minimum atomic E-state index is -0.493. The lowest BCUT2D eigenvalue weighted by atomic mass is 10.0. The van der Waals surface area contributed by atoms with E-state index in [2.05, 4.69) is 10.2 Å². The molecule has 7 nitrogen and oxygen atoms in total. The monoisotopic (exact) mass is 376 g/mol. The number of carbonyl (C=O) groups excluding carboxylic acids is 1. The standard InChI is InChI=1S/C19H12N4O3S/c24-18(13-6-2-1-3-7-13)14-9-10-16(15(12-14)23(25)26)27-19-21-20-17-8-4-5-11-22(17)19/h1-12H. The molecule has 4 aromatic rings. The summed E-state index contributed by atoms with van der Waals surface area (Å²) in [5.41, 5.74) is 1.26. The fourth-order valence-electron chi connectivity index (χ4n) is 2.63.